The summed E-state index contributed by atoms with van der Waals surface area (Å²) in [5.41, 5.74) is 6.89. The maximum absolute atomic E-state index is 12.2. The summed E-state index contributed by atoms with van der Waals surface area (Å²) in [6, 6.07) is 2.95. The van der Waals surface area contributed by atoms with Crippen molar-refractivity contribution in [2.24, 2.45) is 5.92 Å². The van der Waals surface area contributed by atoms with Crippen molar-refractivity contribution in [2.45, 2.75) is 26.3 Å². The molecular weight excluding hydrogens is 350 g/mol. The standard InChI is InChI=1S/C17H19N7O3/c1-9(2)7-11(16(25)26-3)23-8-10-13(21-23)20-17(18)24-15(10)19-14(22-24)12-5-4-6-27-12/h4-6,8-9,11H,7H2,1-3H3,(H2,18,20,21). The minimum Gasteiger partial charge on any atom is -0.467 e. The van der Waals surface area contributed by atoms with Gasteiger partial charge in [0.2, 0.25) is 11.8 Å². The molecule has 10 nitrogen and oxygen atoms in total. The first-order chi connectivity index (χ1) is 13.0. The number of nitrogen functional groups attached to an aromatic ring is 1. The number of aromatic nitrogens is 6. The third-order valence-corrected chi connectivity index (χ3v) is 4.23. The maximum Gasteiger partial charge on any atom is 0.330 e. The molecule has 4 heterocycles. The molecule has 0 aliphatic carbocycles. The van der Waals surface area contributed by atoms with Gasteiger partial charge in [0.1, 0.15) is 6.04 Å². The van der Waals surface area contributed by atoms with Gasteiger partial charge in [-0.05, 0) is 24.5 Å². The van der Waals surface area contributed by atoms with E-state index in [-0.39, 0.29) is 17.8 Å². The topological polar surface area (TPSA) is 126 Å². The lowest BCUT2D eigenvalue weighted by molar-refractivity contribution is -0.145. The molecule has 0 fully saturated rings. The summed E-state index contributed by atoms with van der Waals surface area (Å²) in [5, 5.41) is 9.42. The number of methoxy groups -OCH3 is 1. The SMILES string of the molecule is COC(=O)C(CC(C)C)n1cc2c(nc(N)n3nc(-c4ccco4)nc23)n1. The largest absolute Gasteiger partial charge is 0.467 e. The number of anilines is 1. The first-order valence-electron chi connectivity index (χ1n) is 8.50. The summed E-state index contributed by atoms with van der Waals surface area (Å²) in [6.07, 6.45) is 3.85. The Labute approximate surface area is 153 Å². The van der Waals surface area contributed by atoms with Crippen LogP contribution >= 0.6 is 0 Å². The van der Waals surface area contributed by atoms with Crippen LogP contribution in [0.3, 0.4) is 0 Å². The van der Waals surface area contributed by atoms with Crippen LogP contribution in [0.2, 0.25) is 0 Å². The van der Waals surface area contributed by atoms with Gasteiger partial charge in [0.15, 0.2) is 17.1 Å². The lowest BCUT2D eigenvalue weighted by Crippen LogP contribution is -2.23. The Hall–Kier alpha value is -3.43. The number of hydrogen-bond donors (Lipinski definition) is 1. The summed E-state index contributed by atoms with van der Waals surface area (Å²) in [4.78, 5) is 21.0. The average Bonchev–Trinajstić information content (AvgIpc) is 3.35. The Balaban J connectivity index is 1.88. The fraction of sp³-hybridized carbons (Fsp3) is 0.353. The Morgan fingerprint density at radius 2 is 2.15 bits per heavy atom. The van der Waals surface area contributed by atoms with Crippen molar-refractivity contribution in [1.82, 2.24) is 29.4 Å². The second-order valence-corrected chi connectivity index (χ2v) is 6.63. The molecule has 140 valence electrons. The highest BCUT2D eigenvalue weighted by molar-refractivity contribution is 5.90. The zero-order valence-corrected chi connectivity index (χ0v) is 15.2. The smallest absolute Gasteiger partial charge is 0.330 e. The third kappa shape index (κ3) is 2.88. The summed E-state index contributed by atoms with van der Waals surface area (Å²) in [5.74, 6) is 0.967. The molecule has 0 radical (unpaired) electrons. The van der Waals surface area contributed by atoms with Crippen molar-refractivity contribution in [3.05, 3.63) is 24.6 Å². The number of ether oxygens (including phenoxy) is 1. The van der Waals surface area contributed by atoms with Crippen molar-refractivity contribution in [3.63, 3.8) is 0 Å². The molecular formula is C17H19N7O3. The van der Waals surface area contributed by atoms with Crippen LogP contribution in [-0.2, 0) is 9.53 Å². The molecule has 4 aromatic rings. The normalized spacial score (nSPS) is 12.9. The zero-order chi connectivity index (χ0) is 19.1. The van der Waals surface area contributed by atoms with E-state index in [4.69, 9.17) is 14.9 Å². The highest BCUT2D eigenvalue weighted by Gasteiger charge is 2.25. The van der Waals surface area contributed by atoms with E-state index in [1.165, 1.54) is 11.6 Å². The number of carbonyl (C=O) groups excluding carboxylic acids is 1. The average molecular weight is 369 g/mol. The molecule has 4 rings (SSSR count). The number of rotatable bonds is 5. The van der Waals surface area contributed by atoms with Gasteiger partial charge in [-0.3, -0.25) is 4.68 Å². The molecule has 0 spiro atoms. The molecule has 0 aliphatic rings. The molecule has 1 unspecified atom stereocenters. The first kappa shape index (κ1) is 17.0. The molecule has 1 atom stereocenters. The molecule has 0 amide bonds. The predicted octanol–water partition coefficient (Wildman–Crippen LogP) is 2.08. The van der Waals surface area contributed by atoms with Crippen LogP contribution in [-0.4, -0.2) is 42.4 Å². The maximum atomic E-state index is 12.2. The van der Waals surface area contributed by atoms with E-state index in [0.29, 0.717) is 34.7 Å². The van der Waals surface area contributed by atoms with Crippen LogP contribution in [0.25, 0.3) is 28.3 Å². The number of esters is 1. The van der Waals surface area contributed by atoms with Crippen LogP contribution in [0.15, 0.2) is 29.0 Å². The Morgan fingerprint density at radius 1 is 1.33 bits per heavy atom. The van der Waals surface area contributed by atoms with Crippen molar-refractivity contribution < 1.29 is 13.9 Å². The highest BCUT2D eigenvalue weighted by atomic mass is 16.5. The predicted molar refractivity (Wildman–Crippen MR) is 96.7 cm³/mol. The third-order valence-electron chi connectivity index (χ3n) is 4.23. The first-order valence-corrected chi connectivity index (χ1v) is 8.50. The van der Waals surface area contributed by atoms with Crippen molar-refractivity contribution in [2.75, 3.05) is 12.8 Å². The zero-order valence-electron chi connectivity index (χ0n) is 15.2. The van der Waals surface area contributed by atoms with Crippen LogP contribution in [0.4, 0.5) is 5.95 Å². The van der Waals surface area contributed by atoms with Gasteiger partial charge in [-0.25, -0.2) is 9.78 Å². The number of fused-ring (bicyclic) bond motifs is 3. The van der Waals surface area contributed by atoms with Crippen molar-refractivity contribution in [3.8, 4) is 11.6 Å². The molecule has 0 bridgehead atoms. The van der Waals surface area contributed by atoms with E-state index in [0.717, 1.165) is 0 Å². The molecule has 2 N–H and O–H groups in total. The number of hydrogen-bond acceptors (Lipinski definition) is 8. The van der Waals surface area contributed by atoms with Gasteiger partial charge in [-0.2, -0.15) is 14.6 Å². The number of nitrogens with two attached hydrogens (primary N) is 1. The van der Waals surface area contributed by atoms with Gasteiger partial charge in [0, 0.05) is 6.20 Å². The summed E-state index contributed by atoms with van der Waals surface area (Å²) in [7, 11) is 1.36. The van der Waals surface area contributed by atoms with E-state index >= 15 is 0 Å². The van der Waals surface area contributed by atoms with Gasteiger partial charge in [-0.15, -0.1) is 5.10 Å². The van der Waals surface area contributed by atoms with Crippen molar-refractivity contribution >= 4 is 28.6 Å². The molecule has 10 heteroatoms. The van der Waals surface area contributed by atoms with Crippen LogP contribution in [0, 0.1) is 5.92 Å². The summed E-state index contributed by atoms with van der Waals surface area (Å²) in [6.45, 7) is 4.06. The Morgan fingerprint density at radius 3 is 2.81 bits per heavy atom. The highest BCUT2D eigenvalue weighted by Crippen LogP contribution is 2.26. The minimum atomic E-state index is -0.557. The molecule has 4 aromatic heterocycles. The lowest BCUT2D eigenvalue weighted by Gasteiger charge is -2.16. The fourth-order valence-corrected chi connectivity index (χ4v) is 2.99. The molecule has 27 heavy (non-hydrogen) atoms. The van der Waals surface area contributed by atoms with Gasteiger partial charge in [0.25, 0.3) is 0 Å². The second-order valence-electron chi connectivity index (χ2n) is 6.63. The number of carbonyl (C=O) groups is 1. The van der Waals surface area contributed by atoms with Crippen LogP contribution in [0.5, 0.6) is 0 Å². The van der Waals surface area contributed by atoms with Gasteiger partial charge < -0.3 is 14.9 Å². The van der Waals surface area contributed by atoms with Gasteiger partial charge in [-0.1, -0.05) is 13.8 Å². The number of furan rings is 1. The Kier molecular flexibility index (Phi) is 4.02. The van der Waals surface area contributed by atoms with E-state index in [1.54, 1.807) is 29.3 Å². The summed E-state index contributed by atoms with van der Waals surface area (Å²) < 4.78 is 13.3. The van der Waals surface area contributed by atoms with Crippen LogP contribution < -0.4 is 5.73 Å². The van der Waals surface area contributed by atoms with Gasteiger partial charge in [0.05, 0.1) is 18.8 Å². The lowest BCUT2D eigenvalue weighted by atomic mass is 10.0. The molecule has 0 saturated carbocycles. The van der Waals surface area contributed by atoms with E-state index in [9.17, 15) is 4.79 Å². The van der Waals surface area contributed by atoms with E-state index in [2.05, 4.69) is 20.2 Å². The molecule has 0 aromatic carbocycles. The molecule has 0 aliphatic heterocycles. The summed E-state index contributed by atoms with van der Waals surface area (Å²) >= 11 is 0. The Bertz CT molecular complexity index is 1110. The van der Waals surface area contributed by atoms with Gasteiger partial charge >= 0.3 is 5.97 Å². The number of nitrogens with zero attached hydrogens (tertiary/aromatic N) is 6. The molecule has 0 saturated heterocycles. The van der Waals surface area contributed by atoms with Crippen LogP contribution in [0.1, 0.15) is 26.3 Å². The monoisotopic (exact) mass is 369 g/mol. The van der Waals surface area contributed by atoms with E-state index < -0.39 is 6.04 Å². The quantitative estimate of drug-likeness (QED) is 0.530. The van der Waals surface area contributed by atoms with E-state index in [1.807, 2.05) is 13.8 Å². The minimum absolute atomic E-state index is 0.145. The second kappa shape index (κ2) is 6.38. The fourth-order valence-electron chi connectivity index (χ4n) is 2.99. The van der Waals surface area contributed by atoms with Crippen molar-refractivity contribution in [1.29, 1.82) is 0 Å².